The van der Waals surface area contributed by atoms with Gasteiger partial charge in [0.15, 0.2) is 0 Å². The Bertz CT molecular complexity index is 164. The number of carbonyl (C=O) groups is 1. The Morgan fingerprint density at radius 1 is 1.43 bits per heavy atom. The van der Waals surface area contributed by atoms with Gasteiger partial charge >= 0.3 is 5.97 Å². The molecule has 0 bridgehead atoms. The zero-order valence-corrected chi connectivity index (χ0v) is 8.87. The number of ether oxygens (including phenoxy) is 1. The van der Waals surface area contributed by atoms with Crippen LogP contribution in [0.25, 0.3) is 0 Å². The van der Waals surface area contributed by atoms with Crippen LogP contribution in [0.3, 0.4) is 0 Å². The monoisotopic (exact) mass is 200 g/mol. The average Bonchev–Trinajstić information content (AvgIpc) is 2.15. The first-order valence-electron chi connectivity index (χ1n) is 5.14. The normalized spacial score (nSPS) is 12.1. The predicted molar refractivity (Wildman–Crippen MR) is 55.9 cm³/mol. The molecular weight excluding hydrogens is 180 g/mol. The van der Waals surface area contributed by atoms with E-state index in [9.17, 15) is 4.79 Å². The Kier molecular flexibility index (Phi) is 8.24. The lowest BCUT2D eigenvalue weighted by Gasteiger charge is -2.04. The number of unbranched alkanes of at least 4 members (excludes halogenated alkanes) is 3. The molecule has 1 unspecified atom stereocenters. The standard InChI is InChI=1S/C11H20O3/c1-3-11(13)14-9-7-5-4-6-8-10(2)12/h3,10,12H,1,4-9H2,2H3. The molecule has 1 atom stereocenters. The second-order valence-electron chi connectivity index (χ2n) is 3.42. The van der Waals surface area contributed by atoms with E-state index in [0.29, 0.717) is 6.61 Å². The zero-order chi connectivity index (χ0) is 10.8. The minimum atomic E-state index is -0.353. The fourth-order valence-electron chi connectivity index (χ4n) is 1.13. The Morgan fingerprint density at radius 2 is 2.07 bits per heavy atom. The van der Waals surface area contributed by atoms with Gasteiger partial charge in [-0.25, -0.2) is 4.79 Å². The highest BCUT2D eigenvalue weighted by molar-refractivity contribution is 5.81. The Labute approximate surface area is 85.8 Å². The Morgan fingerprint density at radius 3 is 2.64 bits per heavy atom. The molecule has 0 aromatic heterocycles. The lowest BCUT2D eigenvalue weighted by molar-refractivity contribution is -0.137. The third-order valence-electron chi connectivity index (χ3n) is 1.93. The topological polar surface area (TPSA) is 46.5 Å². The molecule has 0 radical (unpaired) electrons. The van der Waals surface area contributed by atoms with Crippen LogP contribution in [0.15, 0.2) is 12.7 Å². The van der Waals surface area contributed by atoms with Gasteiger partial charge in [0.05, 0.1) is 12.7 Å². The lowest BCUT2D eigenvalue weighted by atomic mass is 10.1. The van der Waals surface area contributed by atoms with Gasteiger partial charge < -0.3 is 9.84 Å². The summed E-state index contributed by atoms with van der Waals surface area (Å²) in [4.78, 5) is 10.6. The molecule has 3 nitrogen and oxygen atoms in total. The first kappa shape index (κ1) is 13.2. The molecule has 0 aromatic carbocycles. The number of esters is 1. The average molecular weight is 200 g/mol. The first-order chi connectivity index (χ1) is 6.66. The van der Waals surface area contributed by atoms with Crippen molar-refractivity contribution in [2.45, 2.75) is 45.1 Å². The summed E-state index contributed by atoms with van der Waals surface area (Å²) in [5.41, 5.74) is 0. The molecule has 0 saturated heterocycles. The van der Waals surface area contributed by atoms with Crippen LogP contribution in [0, 0.1) is 0 Å². The van der Waals surface area contributed by atoms with E-state index in [1.54, 1.807) is 6.92 Å². The van der Waals surface area contributed by atoms with E-state index >= 15 is 0 Å². The summed E-state index contributed by atoms with van der Waals surface area (Å²) in [5, 5.41) is 8.98. The summed E-state index contributed by atoms with van der Waals surface area (Å²) in [5.74, 6) is -0.353. The lowest BCUT2D eigenvalue weighted by Crippen LogP contribution is -2.02. The Hall–Kier alpha value is -0.830. The summed E-state index contributed by atoms with van der Waals surface area (Å²) < 4.78 is 4.81. The summed E-state index contributed by atoms with van der Waals surface area (Å²) in [6.07, 6.45) is 5.87. The number of rotatable bonds is 8. The van der Waals surface area contributed by atoms with Crippen LogP contribution in [-0.4, -0.2) is 23.8 Å². The first-order valence-corrected chi connectivity index (χ1v) is 5.14. The maximum absolute atomic E-state index is 10.6. The van der Waals surface area contributed by atoms with Crippen molar-refractivity contribution >= 4 is 5.97 Å². The van der Waals surface area contributed by atoms with Gasteiger partial charge in [0.2, 0.25) is 0 Å². The van der Waals surface area contributed by atoms with E-state index in [2.05, 4.69) is 6.58 Å². The number of aliphatic hydroxyl groups excluding tert-OH is 1. The van der Waals surface area contributed by atoms with Crippen molar-refractivity contribution in [3.05, 3.63) is 12.7 Å². The molecule has 0 fully saturated rings. The number of hydrogen-bond donors (Lipinski definition) is 1. The van der Waals surface area contributed by atoms with Crippen molar-refractivity contribution in [3.63, 3.8) is 0 Å². The summed E-state index contributed by atoms with van der Waals surface area (Å²) >= 11 is 0. The van der Waals surface area contributed by atoms with Crippen LogP contribution in [0.1, 0.15) is 39.0 Å². The predicted octanol–water partition coefficient (Wildman–Crippen LogP) is 2.05. The van der Waals surface area contributed by atoms with E-state index in [4.69, 9.17) is 9.84 Å². The molecule has 0 saturated carbocycles. The fraction of sp³-hybridized carbons (Fsp3) is 0.727. The molecule has 0 amide bonds. The van der Waals surface area contributed by atoms with Gasteiger partial charge in [0.25, 0.3) is 0 Å². The van der Waals surface area contributed by atoms with Crippen molar-refractivity contribution in [1.29, 1.82) is 0 Å². The molecule has 0 spiro atoms. The molecular formula is C11H20O3. The third kappa shape index (κ3) is 9.26. The van der Waals surface area contributed by atoms with E-state index in [1.807, 2.05) is 0 Å². The minimum absolute atomic E-state index is 0.200. The molecule has 3 heteroatoms. The Balaban J connectivity index is 3.06. The molecule has 82 valence electrons. The van der Waals surface area contributed by atoms with Crippen LogP contribution >= 0.6 is 0 Å². The van der Waals surface area contributed by atoms with Crippen LogP contribution in [0.2, 0.25) is 0 Å². The largest absolute Gasteiger partial charge is 0.463 e. The molecule has 1 N–H and O–H groups in total. The smallest absolute Gasteiger partial charge is 0.330 e. The van der Waals surface area contributed by atoms with Crippen LogP contribution in [-0.2, 0) is 9.53 Å². The number of carbonyl (C=O) groups excluding carboxylic acids is 1. The quantitative estimate of drug-likeness (QED) is 0.370. The van der Waals surface area contributed by atoms with Gasteiger partial charge in [-0.1, -0.05) is 25.8 Å². The zero-order valence-electron chi connectivity index (χ0n) is 8.87. The maximum Gasteiger partial charge on any atom is 0.330 e. The third-order valence-corrected chi connectivity index (χ3v) is 1.93. The van der Waals surface area contributed by atoms with Gasteiger partial charge in [-0.05, 0) is 19.8 Å². The van der Waals surface area contributed by atoms with Crippen molar-refractivity contribution in [2.75, 3.05) is 6.61 Å². The molecule has 14 heavy (non-hydrogen) atoms. The van der Waals surface area contributed by atoms with Crippen molar-refractivity contribution in [3.8, 4) is 0 Å². The SMILES string of the molecule is C=CC(=O)OCCCCCCC(C)O. The molecule has 0 heterocycles. The molecule has 0 aliphatic rings. The van der Waals surface area contributed by atoms with Crippen molar-refractivity contribution < 1.29 is 14.6 Å². The van der Waals surface area contributed by atoms with Gasteiger partial charge in [-0.2, -0.15) is 0 Å². The van der Waals surface area contributed by atoms with E-state index in [0.717, 1.165) is 32.1 Å². The molecule has 0 aliphatic carbocycles. The minimum Gasteiger partial charge on any atom is -0.463 e. The van der Waals surface area contributed by atoms with Crippen molar-refractivity contribution in [2.24, 2.45) is 0 Å². The van der Waals surface area contributed by atoms with E-state index in [1.165, 1.54) is 6.08 Å². The van der Waals surface area contributed by atoms with Crippen molar-refractivity contribution in [1.82, 2.24) is 0 Å². The van der Waals surface area contributed by atoms with Crippen LogP contribution < -0.4 is 0 Å². The second-order valence-corrected chi connectivity index (χ2v) is 3.42. The van der Waals surface area contributed by atoms with Gasteiger partial charge in [0, 0.05) is 6.08 Å². The van der Waals surface area contributed by atoms with Gasteiger partial charge in [-0.15, -0.1) is 0 Å². The fourth-order valence-corrected chi connectivity index (χ4v) is 1.13. The van der Waals surface area contributed by atoms with Gasteiger partial charge in [-0.3, -0.25) is 0 Å². The molecule has 0 aromatic rings. The van der Waals surface area contributed by atoms with E-state index in [-0.39, 0.29) is 12.1 Å². The highest BCUT2D eigenvalue weighted by Gasteiger charge is 1.97. The van der Waals surface area contributed by atoms with Crippen LogP contribution in [0.4, 0.5) is 0 Å². The van der Waals surface area contributed by atoms with Gasteiger partial charge in [0.1, 0.15) is 0 Å². The summed E-state index contributed by atoms with van der Waals surface area (Å²) in [7, 11) is 0. The number of hydrogen-bond acceptors (Lipinski definition) is 3. The molecule has 0 aliphatic heterocycles. The van der Waals surface area contributed by atoms with Crippen LogP contribution in [0.5, 0.6) is 0 Å². The summed E-state index contributed by atoms with van der Waals surface area (Å²) in [6, 6.07) is 0. The van der Waals surface area contributed by atoms with E-state index < -0.39 is 0 Å². The highest BCUT2D eigenvalue weighted by Crippen LogP contribution is 2.05. The maximum atomic E-state index is 10.6. The highest BCUT2D eigenvalue weighted by atomic mass is 16.5. The second kappa shape index (κ2) is 8.75. The number of aliphatic hydroxyl groups is 1. The molecule has 0 rings (SSSR count). The summed E-state index contributed by atoms with van der Waals surface area (Å²) in [6.45, 7) is 5.58.